The van der Waals surface area contributed by atoms with Crippen molar-refractivity contribution >= 4 is 11.4 Å². The van der Waals surface area contributed by atoms with Gasteiger partial charge in [-0.2, -0.15) is 10.2 Å². The summed E-state index contributed by atoms with van der Waals surface area (Å²) in [6.07, 6.45) is 10.2. The van der Waals surface area contributed by atoms with Crippen LogP contribution in [0.5, 0.6) is 5.75 Å². The van der Waals surface area contributed by atoms with Crippen LogP contribution in [0, 0.1) is 5.92 Å². The summed E-state index contributed by atoms with van der Waals surface area (Å²) in [5, 5.41) is 11.9. The van der Waals surface area contributed by atoms with E-state index in [2.05, 4.69) is 21.7 Å². The number of carbonyl (C=O) groups excluding carboxylic acids is 1. The van der Waals surface area contributed by atoms with E-state index < -0.39 is 0 Å². The highest BCUT2D eigenvalue weighted by molar-refractivity contribution is 5.78. The molecule has 29 heavy (non-hydrogen) atoms. The fourth-order valence-electron chi connectivity index (χ4n) is 4.14. The fourth-order valence-corrected chi connectivity index (χ4v) is 4.14. The molecule has 3 aromatic heterocycles. The van der Waals surface area contributed by atoms with Gasteiger partial charge in [-0.3, -0.25) is 9.48 Å². The molecule has 2 aliphatic rings. The SMILES string of the molecule is CC(Oc1cc(-c2cnn(C3CCOCC3)c2)cn2nccc12)C1CNC(=O)C1. The smallest absolute Gasteiger partial charge is 0.220 e. The van der Waals surface area contributed by atoms with Crippen molar-refractivity contribution in [3.8, 4) is 16.9 Å². The van der Waals surface area contributed by atoms with Crippen molar-refractivity contribution in [1.29, 1.82) is 0 Å². The Balaban J connectivity index is 1.43. The standard InChI is InChI=1S/C21H25N5O3/c1-14(15-9-21(27)22-10-15)29-20-8-16(12-26-19(20)2-5-23-26)17-11-24-25(13-17)18-3-6-28-7-4-18/h2,5,8,11-15,18H,3-4,6-7,9-10H2,1H3,(H,22,27). The molecular weight excluding hydrogens is 370 g/mol. The van der Waals surface area contributed by atoms with Crippen LogP contribution in [0.2, 0.25) is 0 Å². The van der Waals surface area contributed by atoms with Gasteiger partial charge < -0.3 is 14.8 Å². The molecule has 2 saturated heterocycles. The van der Waals surface area contributed by atoms with Gasteiger partial charge in [0.15, 0.2) is 0 Å². The third-order valence-corrected chi connectivity index (χ3v) is 5.96. The third-order valence-electron chi connectivity index (χ3n) is 5.96. The van der Waals surface area contributed by atoms with Gasteiger partial charge >= 0.3 is 0 Å². The molecule has 0 bridgehead atoms. The summed E-state index contributed by atoms with van der Waals surface area (Å²) in [7, 11) is 0. The molecule has 1 amide bonds. The Hall–Kier alpha value is -2.87. The quantitative estimate of drug-likeness (QED) is 0.718. The first-order valence-electron chi connectivity index (χ1n) is 10.2. The maximum absolute atomic E-state index is 11.6. The van der Waals surface area contributed by atoms with Gasteiger partial charge in [-0.25, -0.2) is 4.52 Å². The predicted molar refractivity (Wildman–Crippen MR) is 107 cm³/mol. The van der Waals surface area contributed by atoms with E-state index in [4.69, 9.17) is 9.47 Å². The first kappa shape index (κ1) is 18.2. The molecule has 8 nitrogen and oxygen atoms in total. The number of rotatable bonds is 5. The van der Waals surface area contributed by atoms with Crippen LogP contribution in [0.15, 0.2) is 36.9 Å². The third kappa shape index (κ3) is 3.60. The number of hydrogen-bond acceptors (Lipinski definition) is 5. The minimum Gasteiger partial charge on any atom is -0.488 e. The summed E-state index contributed by atoms with van der Waals surface area (Å²) in [5.41, 5.74) is 2.95. The van der Waals surface area contributed by atoms with E-state index in [1.54, 1.807) is 6.20 Å². The Kier molecular flexibility index (Phi) is 4.71. The zero-order chi connectivity index (χ0) is 19.8. The first-order valence-corrected chi connectivity index (χ1v) is 10.2. The van der Waals surface area contributed by atoms with Crippen molar-refractivity contribution in [2.45, 2.75) is 38.3 Å². The Bertz CT molecular complexity index is 1020. The monoisotopic (exact) mass is 395 g/mol. The fraction of sp³-hybridized carbons (Fsp3) is 0.476. The lowest BCUT2D eigenvalue weighted by Gasteiger charge is -2.22. The molecule has 5 heterocycles. The van der Waals surface area contributed by atoms with Crippen LogP contribution in [0.25, 0.3) is 16.6 Å². The number of nitrogens with zero attached hydrogens (tertiary/aromatic N) is 4. The number of ether oxygens (including phenoxy) is 2. The van der Waals surface area contributed by atoms with Crippen molar-refractivity contribution in [2.75, 3.05) is 19.8 Å². The molecule has 2 unspecified atom stereocenters. The average Bonchev–Trinajstić information content (AvgIpc) is 3.49. The van der Waals surface area contributed by atoms with Crippen LogP contribution in [0.4, 0.5) is 0 Å². The van der Waals surface area contributed by atoms with Crippen LogP contribution in [0.1, 0.15) is 32.2 Å². The second-order valence-corrected chi connectivity index (χ2v) is 7.90. The number of fused-ring (bicyclic) bond motifs is 1. The molecule has 2 aliphatic heterocycles. The Morgan fingerprint density at radius 3 is 2.90 bits per heavy atom. The lowest BCUT2D eigenvalue weighted by Crippen LogP contribution is -2.25. The summed E-state index contributed by atoms with van der Waals surface area (Å²) in [6, 6.07) is 4.37. The molecule has 2 atom stereocenters. The number of hydrogen-bond donors (Lipinski definition) is 1. The lowest BCUT2D eigenvalue weighted by atomic mass is 10.0. The zero-order valence-electron chi connectivity index (χ0n) is 16.5. The van der Waals surface area contributed by atoms with Gasteiger partial charge in [0.1, 0.15) is 17.4 Å². The summed E-state index contributed by atoms with van der Waals surface area (Å²) in [6.45, 7) is 4.25. The molecule has 1 N–H and O–H groups in total. The topological polar surface area (TPSA) is 82.7 Å². The van der Waals surface area contributed by atoms with Crippen molar-refractivity contribution in [3.05, 3.63) is 36.9 Å². The van der Waals surface area contributed by atoms with Gasteiger partial charge in [0.2, 0.25) is 5.91 Å². The molecule has 0 aliphatic carbocycles. The Labute approximate surface area is 168 Å². The summed E-state index contributed by atoms with van der Waals surface area (Å²) in [4.78, 5) is 11.6. The van der Waals surface area contributed by atoms with Crippen LogP contribution in [-0.4, -0.2) is 51.2 Å². The molecule has 0 aromatic carbocycles. The lowest BCUT2D eigenvalue weighted by molar-refractivity contribution is -0.119. The first-order chi connectivity index (χ1) is 14.2. The number of nitrogens with one attached hydrogen (secondary N) is 1. The highest BCUT2D eigenvalue weighted by atomic mass is 16.5. The van der Waals surface area contributed by atoms with Crippen LogP contribution in [-0.2, 0) is 9.53 Å². The van der Waals surface area contributed by atoms with E-state index in [0.717, 1.165) is 48.4 Å². The van der Waals surface area contributed by atoms with Crippen LogP contribution >= 0.6 is 0 Å². The minimum atomic E-state index is -0.0761. The second-order valence-electron chi connectivity index (χ2n) is 7.90. The molecule has 0 radical (unpaired) electrons. The second kappa shape index (κ2) is 7.51. The predicted octanol–water partition coefficient (Wildman–Crippen LogP) is 2.45. The van der Waals surface area contributed by atoms with Gasteiger partial charge in [-0.05, 0) is 31.9 Å². The Morgan fingerprint density at radius 1 is 1.24 bits per heavy atom. The number of aromatic nitrogens is 4. The summed E-state index contributed by atoms with van der Waals surface area (Å²) >= 11 is 0. The number of amides is 1. The van der Waals surface area contributed by atoms with Gasteiger partial charge in [0.05, 0.1) is 18.4 Å². The minimum absolute atomic E-state index is 0.0761. The molecule has 2 fully saturated rings. The van der Waals surface area contributed by atoms with E-state index in [1.807, 2.05) is 40.6 Å². The molecule has 0 saturated carbocycles. The van der Waals surface area contributed by atoms with Crippen molar-refractivity contribution in [1.82, 2.24) is 24.7 Å². The number of carbonyl (C=O) groups is 1. The largest absolute Gasteiger partial charge is 0.488 e. The molecule has 152 valence electrons. The van der Waals surface area contributed by atoms with Crippen molar-refractivity contribution < 1.29 is 14.3 Å². The van der Waals surface area contributed by atoms with Gasteiger partial charge in [-0.1, -0.05) is 0 Å². The normalized spacial score (nSPS) is 21.4. The van der Waals surface area contributed by atoms with E-state index in [-0.39, 0.29) is 17.9 Å². The van der Waals surface area contributed by atoms with Crippen molar-refractivity contribution in [2.24, 2.45) is 5.92 Å². The van der Waals surface area contributed by atoms with Gasteiger partial charge in [0.25, 0.3) is 0 Å². The van der Waals surface area contributed by atoms with E-state index in [0.29, 0.717) is 19.0 Å². The molecule has 8 heteroatoms. The number of pyridine rings is 1. The summed E-state index contributed by atoms with van der Waals surface area (Å²) in [5.74, 6) is 1.03. The van der Waals surface area contributed by atoms with E-state index >= 15 is 0 Å². The van der Waals surface area contributed by atoms with E-state index in [9.17, 15) is 4.79 Å². The molecule has 0 spiro atoms. The van der Waals surface area contributed by atoms with Gasteiger partial charge in [0, 0.05) is 55.6 Å². The maximum Gasteiger partial charge on any atom is 0.220 e. The molecule has 5 rings (SSSR count). The zero-order valence-corrected chi connectivity index (χ0v) is 16.5. The van der Waals surface area contributed by atoms with Crippen LogP contribution < -0.4 is 10.1 Å². The highest BCUT2D eigenvalue weighted by Gasteiger charge is 2.28. The molecule has 3 aromatic rings. The van der Waals surface area contributed by atoms with Crippen molar-refractivity contribution in [3.63, 3.8) is 0 Å². The average molecular weight is 395 g/mol. The molecular formula is C21H25N5O3. The van der Waals surface area contributed by atoms with Gasteiger partial charge in [-0.15, -0.1) is 0 Å². The van der Waals surface area contributed by atoms with E-state index in [1.165, 1.54) is 0 Å². The Morgan fingerprint density at radius 2 is 2.10 bits per heavy atom. The maximum atomic E-state index is 11.6. The van der Waals surface area contributed by atoms with Crippen LogP contribution in [0.3, 0.4) is 0 Å². The highest BCUT2D eigenvalue weighted by Crippen LogP contribution is 2.31. The summed E-state index contributed by atoms with van der Waals surface area (Å²) < 4.78 is 15.6.